The van der Waals surface area contributed by atoms with Crippen LogP contribution in [0, 0.1) is 13.8 Å². The molecule has 1 amide bonds. The van der Waals surface area contributed by atoms with Crippen LogP contribution in [0.15, 0.2) is 22.3 Å². The fourth-order valence-corrected chi connectivity index (χ4v) is 2.57. The van der Waals surface area contributed by atoms with Gasteiger partial charge in [-0.1, -0.05) is 6.07 Å². The summed E-state index contributed by atoms with van der Waals surface area (Å²) in [6.07, 6.45) is 0. The topological polar surface area (TPSA) is 95.1 Å². The summed E-state index contributed by atoms with van der Waals surface area (Å²) in [5.41, 5.74) is -0.700. The van der Waals surface area contributed by atoms with Crippen LogP contribution in [0.25, 0.3) is 0 Å². The summed E-state index contributed by atoms with van der Waals surface area (Å²) in [5, 5.41) is 14.7. The van der Waals surface area contributed by atoms with Crippen molar-refractivity contribution in [2.75, 3.05) is 6.54 Å². The number of aromatic amines is 1. The highest BCUT2D eigenvalue weighted by molar-refractivity contribution is 7.10. The zero-order valence-corrected chi connectivity index (χ0v) is 12.9. The molecule has 0 spiro atoms. The molecular weight excluding hydrogens is 290 g/mol. The van der Waals surface area contributed by atoms with Gasteiger partial charge in [0.1, 0.15) is 5.60 Å². The number of H-pyrrole nitrogens is 1. The van der Waals surface area contributed by atoms with Gasteiger partial charge in [0.2, 0.25) is 0 Å². The van der Waals surface area contributed by atoms with Crippen molar-refractivity contribution in [3.05, 3.63) is 49.8 Å². The molecule has 2 aromatic rings. The first-order valence-electron chi connectivity index (χ1n) is 6.43. The molecule has 7 heteroatoms. The Balaban J connectivity index is 2.13. The molecule has 0 aromatic carbocycles. The molecule has 0 saturated carbocycles. The summed E-state index contributed by atoms with van der Waals surface area (Å²) in [5.74, 6) is -0.601. The van der Waals surface area contributed by atoms with E-state index in [1.165, 1.54) is 11.3 Å². The lowest BCUT2D eigenvalue weighted by Gasteiger charge is -2.22. The SMILES string of the molecule is Cc1nc(C(=O)NCC(C)(O)c2cccs2)c(=O)[nH]c1C. The molecule has 1 atom stereocenters. The van der Waals surface area contributed by atoms with E-state index in [-0.39, 0.29) is 12.2 Å². The van der Waals surface area contributed by atoms with E-state index in [0.717, 1.165) is 4.88 Å². The Hall–Kier alpha value is -1.99. The Morgan fingerprint density at radius 1 is 1.52 bits per heavy atom. The molecule has 0 aliphatic heterocycles. The largest absolute Gasteiger partial charge is 0.383 e. The van der Waals surface area contributed by atoms with Crippen LogP contribution >= 0.6 is 11.3 Å². The number of carbonyl (C=O) groups excluding carboxylic acids is 1. The number of hydrogen-bond donors (Lipinski definition) is 3. The number of aliphatic hydroxyl groups is 1. The van der Waals surface area contributed by atoms with Gasteiger partial charge in [0.05, 0.1) is 12.2 Å². The maximum Gasteiger partial charge on any atom is 0.279 e. The molecule has 0 fully saturated rings. The maximum absolute atomic E-state index is 12.0. The quantitative estimate of drug-likeness (QED) is 0.788. The van der Waals surface area contributed by atoms with Crippen LogP contribution in [-0.2, 0) is 5.60 Å². The Morgan fingerprint density at radius 2 is 2.24 bits per heavy atom. The highest BCUT2D eigenvalue weighted by atomic mass is 32.1. The fourth-order valence-electron chi connectivity index (χ4n) is 1.78. The second-order valence-corrected chi connectivity index (χ2v) is 6.01. The molecule has 0 radical (unpaired) electrons. The smallest absolute Gasteiger partial charge is 0.279 e. The highest BCUT2D eigenvalue weighted by Crippen LogP contribution is 2.24. The molecule has 3 N–H and O–H groups in total. The van der Waals surface area contributed by atoms with E-state index in [2.05, 4.69) is 15.3 Å². The van der Waals surface area contributed by atoms with Crippen LogP contribution in [0.2, 0.25) is 0 Å². The summed E-state index contributed by atoms with van der Waals surface area (Å²) in [7, 11) is 0. The van der Waals surface area contributed by atoms with Gasteiger partial charge in [-0.3, -0.25) is 9.59 Å². The predicted octanol–water partition coefficient (Wildman–Crippen LogP) is 1.09. The van der Waals surface area contributed by atoms with Crippen molar-refractivity contribution in [3.63, 3.8) is 0 Å². The molecule has 0 aliphatic rings. The normalized spacial score (nSPS) is 13.7. The Bertz CT molecular complexity index is 705. The molecule has 2 aromatic heterocycles. The maximum atomic E-state index is 12.0. The van der Waals surface area contributed by atoms with Crippen LogP contribution < -0.4 is 10.9 Å². The molecule has 1 unspecified atom stereocenters. The lowest BCUT2D eigenvalue weighted by molar-refractivity contribution is 0.0554. The molecule has 2 heterocycles. The van der Waals surface area contributed by atoms with E-state index in [9.17, 15) is 14.7 Å². The van der Waals surface area contributed by atoms with Crippen LogP contribution in [0.4, 0.5) is 0 Å². The number of rotatable bonds is 4. The van der Waals surface area contributed by atoms with Crippen LogP contribution in [0.5, 0.6) is 0 Å². The van der Waals surface area contributed by atoms with E-state index in [1.54, 1.807) is 26.8 Å². The Morgan fingerprint density at radius 3 is 2.86 bits per heavy atom. The second-order valence-electron chi connectivity index (χ2n) is 5.06. The number of amides is 1. The molecule has 0 saturated heterocycles. The minimum atomic E-state index is -1.18. The number of nitrogens with one attached hydrogen (secondary N) is 2. The first-order chi connectivity index (χ1) is 9.81. The number of hydrogen-bond acceptors (Lipinski definition) is 5. The Kier molecular flexibility index (Phi) is 4.24. The van der Waals surface area contributed by atoms with Gasteiger partial charge in [0, 0.05) is 10.6 Å². The van der Waals surface area contributed by atoms with E-state index < -0.39 is 17.1 Å². The molecule has 6 nitrogen and oxygen atoms in total. The number of nitrogens with zero attached hydrogens (tertiary/aromatic N) is 1. The molecule has 21 heavy (non-hydrogen) atoms. The fraction of sp³-hybridized carbons (Fsp3) is 0.357. The van der Waals surface area contributed by atoms with Gasteiger partial charge in [-0.15, -0.1) is 11.3 Å². The predicted molar refractivity (Wildman–Crippen MR) is 80.6 cm³/mol. The first kappa shape index (κ1) is 15.4. The third-order valence-corrected chi connectivity index (χ3v) is 4.32. The van der Waals surface area contributed by atoms with E-state index in [1.807, 2.05) is 11.4 Å². The minimum absolute atomic E-state index is 0.000388. The standard InChI is InChI=1S/C14H17N3O3S/c1-8-9(2)17-13(19)11(16-8)12(18)15-7-14(3,20)10-5-4-6-21-10/h4-6,20H,7H2,1-3H3,(H,15,18)(H,17,19). The number of carbonyl (C=O) groups is 1. The monoisotopic (exact) mass is 307 g/mol. The van der Waals surface area contributed by atoms with E-state index in [0.29, 0.717) is 11.4 Å². The average Bonchev–Trinajstić information content (AvgIpc) is 2.95. The zero-order chi connectivity index (χ0) is 15.6. The van der Waals surface area contributed by atoms with Crippen molar-refractivity contribution in [2.24, 2.45) is 0 Å². The third kappa shape index (κ3) is 3.37. The summed E-state index contributed by atoms with van der Waals surface area (Å²) < 4.78 is 0. The summed E-state index contributed by atoms with van der Waals surface area (Å²) in [6, 6.07) is 3.61. The van der Waals surface area contributed by atoms with Crippen molar-refractivity contribution in [3.8, 4) is 0 Å². The lowest BCUT2D eigenvalue weighted by atomic mass is 10.1. The van der Waals surface area contributed by atoms with Crippen molar-refractivity contribution >= 4 is 17.2 Å². The van der Waals surface area contributed by atoms with Crippen molar-refractivity contribution in [1.82, 2.24) is 15.3 Å². The second kappa shape index (κ2) is 5.79. The minimum Gasteiger partial charge on any atom is -0.383 e. The van der Waals surface area contributed by atoms with E-state index in [4.69, 9.17) is 0 Å². The molecule has 112 valence electrons. The van der Waals surface area contributed by atoms with Gasteiger partial charge in [-0.25, -0.2) is 4.98 Å². The number of thiophene rings is 1. The lowest BCUT2D eigenvalue weighted by Crippen LogP contribution is -2.40. The van der Waals surface area contributed by atoms with Gasteiger partial charge in [-0.2, -0.15) is 0 Å². The first-order valence-corrected chi connectivity index (χ1v) is 7.31. The Labute approximate surface area is 125 Å². The van der Waals surface area contributed by atoms with E-state index >= 15 is 0 Å². The molecule has 2 rings (SSSR count). The van der Waals surface area contributed by atoms with Crippen LogP contribution in [-0.4, -0.2) is 27.5 Å². The van der Waals surface area contributed by atoms with Gasteiger partial charge >= 0.3 is 0 Å². The van der Waals surface area contributed by atoms with Crippen molar-refractivity contribution < 1.29 is 9.90 Å². The van der Waals surface area contributed by atoms with Gasteiger partial charge < -0.3 is 15.4 Å². The average molecular weight is 307 g/mol. The zero-order valence-electron chi connectivity index (χ0n) is 12.1. The number of aromatic nitrogens is 2. The van der Waals surface area contributed by atoms with Crippen molar-refractivity contribution in [2.45, 2.75) is 26.4 Å². The van der Waals surface area contributed by atoms with Crippen LogP contribution in [0.3, 0.4) is 0 Å². The van der Waals surface area contributed by atoms with Gasteiger partial charge in [0.25, 0.3) is 11.5 Å². The summed E-state index contributed by atoms with van der Waals surface area (Å²) in [4.78, 5) is 31.1. The van der Waals surface area contributed by atoms with Crippen molar-refractivity contribution in [1.29, 1.82) is 0 Å². The van der Waals surface area contributed by atoms with Crippen LogP contribution in [0.1, 0.15) is 33.7 Å². The molecule has 0 aliphatic carbocycles. The molecule has 0 bridgehead atoms. The highest BCUT2D eigenvalue weighted by Gasteiger charge is 2.26. The van der Waals surface area contributed by atoms with Gasteiger partial charge in [0.15, 0.2) is 5.69 Å². The number of aryl methyl sites for hydroxylation is 2. The molecular formula is C14H17N3O3S. The third-order valence-electron chi connectivity index (χ3n) is 3.20. The van der Waals surface area contributed by atoms with Gasteiger partial charge in [-0.05, 0) is 32.2 Å². The summed E-state index contributed by atoms with van der Waals surface area (Å²) >= 11 is 1.40. The summed E-state index contributed by atoms with van der Waals surface area (Å²) in [6.45, 7) is 5.04.